The fraction of sp³-hybridized carbons (Fsp3) is 0.471. The number of amides is 1. The van der Waals surface area contributed by atoms with Crippen LogP contribution in [0.5, 0.6) is 0 Å². The molecule has 1 aromatic carbocycles. The Morgan fingerprint density at radius 3 is 2.85 bits per heavy atom. The number of nitrogens with one attached hydrogen (secondary N) is 1. The predicted octanol–water partition coefficient (Wildman–Crippen LogP) is 3.37. The first kappa shape index (κ1) is 14.6. The first-order chi connectivity index (χ1) is 9.74. The second-order valence-corrected chi connectivity index (χ2v) is 5.59. The lowest BCUT2D eigenvalue weighted by Crippen LogP contribution is -2.24. The zero-order chi connectivity index (χ0) is 14.2. The van der Waals surface area contributed by atoms with Crippen molar-refractivity contribution >= 4 is 17.7 Å². The quantitative estimate of drug-likeness (QED) is 0.638. The summed E-state index contributed by atoms with van der Waals surface area (Å²) >= 11 is 0. The summed E-state index contributed by atoms with van der Waals surface area (Å²) in [6.45, 7) is 0.783. The molecule has 0 saturated heterocycles. The summed E-state index contributed by atoms with van der Waals surface area (Å²) in [6, 6.07) is 7.51. The highest BCUT2D eigenvalue weighted by molar-refractivity contribution is 5.91. The third-order valence-corrected chi connectivity index (χ3v) is 3.91. The maximum absolute atomic E-state index is 11.7. The molecule has 1 fully saturated rings. The molecule has 1 aliphatic carbocycles. The predicted molar refractivity (Wildman–Crippen MR) is 84.1 cm³/mol. The molecule has 20 heavy (non-hydrogen) atoms. The molecule has 3 nitrogen and oxygen atoms in total. The Balaban J connectivity index is 1.69. The highest BCUT2D eigenvalue weighted by Crippen LogP contribution is 2.25. The second-order valence-electron chi connectivity index (χ2n) is 5.59. The number of nitrogen functional groups attached to an aromatic ring is 1. The first-order valence-electron chi connectivity index (χ1n) is 7.55. The minimum absolute atomic E-state index is 0.0248. The molecule has 2 rings (SSSR count). The first-order valence-corrected chi connectivity index (χ1v) is 7.55. The van der Waals surface area contributed by atoms with Gasteiger partial charge in [-0.05, 0) is 36.1 Å². The van der Waals surface area contributed by atoms with Crippen LogP contribution in [0.25, 0.3) is 6.08 Å². The summed E-state index contributed by atoms with van der Waals surface area (Å²) < 4.78 is 0. The van der Waals surface area contributed by atoms with Gasteiger partial charge in [0.05, 0.1) is 0 Å². The average molecular weight is 272 g/mol. The van der Waals surface area contributed by atoms with E-state index in [1.54, 1.807) is 12.2 Å². The van der Waals surface area contributed by atoms with E-state index in [9.17, 15) is 4.79 Å². The number of carbonyl (C=O) groups excluding carboxylic acids is 1. The van der Waals surface area contributed by atoms with Crippen LogP contribution in [-0.4, -0.2) is 12.5 Å². The molecular formula is C17H24N2O. The highest BCUT2D eigenvalue weighted by Gasteiger charge is 2.12. The molecule has 1 aliphatic rings. The van der Waals surface area contributed by atoms with Crippen molar-refractivity contribution in [1.29, 1.82) is 0 Å². The van der Waals surface area contributed by atoms with Crippen LogP contribution >= 0.6 is 0 Å². The number of hydrogen-bond acceptors (Lipinski definition) is 2. The molecule has 0 aromatic heterocycles. The van der Waals surface area contributed by atoms with Gasteiger partial charge in [-0.15, -0.1) is 0 Å². The monoisotopic (exact) mass is 272 g/mol. The molecule has 0 aliphatic heterocycles. The van der Waals surface area contributed by atoms with Crippen LogP contribution in [0.4, 0.5) is 5.69 Å². The smallest absolute Gasteiger partial charge is 0.243 e. The summed E-state index contributed by atoms with van der Waals surface area (Å²) in [4.78, 5) is 11.7. The van der Waals surface area contributed by atoms with Crippen LogP contribution in [0.3, 0.4) is 0 Å². The zero-order valence-electron chi connectivity index (χ0n) is 12.0. The van der Waals surface area contributed by atoms with E-state index >= 15 is 0 Å². The summed E-state index contributed by atoms with van der Waals surface area (Å²) in [5, 5.41) is 2.96. The van der Waals surface area contributed by atoms with E-state index in [0.717, 1.165) is 24.4 Å². The molecule has 1 amide bonds. The molecular weight excluding hydrogens is 248 g/mol. The number of benzene rings is 1. The molecule has 0 heterocycles. The molecule has 0 spiro atoms. The minimum atomic E-state index is -0.0248. The summed E-state index contributed by atoms with van der Waals surface area (Å²) in [5.41, 5.74) is 7.36. The van der Waals surface area contributed by atoms with Gasteiger partial charge in [0.15, 0.2) is 0 Å². The van der Waals surface area contributed by atoms with Gasteiger partial charge in [-0.3, -0.25) is 4.79 Å². The van der Waals surface area contributed by atoms with E-state index in [4.69, 9.17) is 5.73 Å². The van der Waals surface area contributed by atoms with Crippen LogP contribution in [0.1, 0.15) is 44.1 Å². The molecule has 0 radical (unpaired) electrons. The van der Waals surface area contributed by atoms with Crippen LogP contribution < -0.4 is 11.1 Å². The van der Waals surface area contributed by atoms with Gasteiger partial charge in [-0.1, -0.05) is 44.2 Å². The van der Waals surface area contributed by atoms with E-state index in [2.05, 4.69) is 5.32 Å². The van der Waals surface area contributed by atoms with E-state index in [1.165, 1.54) is 32.1 Å². The van der Waals surface area contributed by atoms with Crippen LogP contribution in [0, 0.1) is 5.92 Å². The Morgan fingerprint density at radius 2 is 2.10 bits per heavy atom. The van der Waals surface area contributed by atoms with Crippen molar-refractivity contribution in [3.63, 3.8) is 0 Å². The van der Waals surface area contributed by atoms with Gasteiger partial charge in [0.2, 0.25) is 5.91 Å². The van der Waals surface area contributed by atoms with Gasteiger partial charge in [0, 0.05) is 18.3 Å². The van der Waals surface area contributed by atoms with Gasteiger partial charge in [-0.2, -0.15) is 0 Å². The van der Waals surface area contributed by atoms with Crippen molar-refractivity contribution < 1.29 is 4.79 Å². The minimum Gasteiger partial charge on any atom is -0.399 e. The van der Waals surface area contributed by atoms with Crippen LogP contribution in [0.15, 0.2) is 30.3 Å². The Labute approximate surface area is 121 Å². The van der Waals surface area contributed by atoms with E-state index in [-0.39, 0.29) is 5.91 Å². The Kier molecular flexibility index (Phi) is 5.66. The summed E-state index contributed by atoms with van der Waals surface area (Å²) in [6.07, 6.45) is 11.2. The number of anilines is 1. The largest absolute Gasteiger partial charge is 0.399 e. The molecule has 3 heteroatoms. The van der Waals surface area contributed by atoms with Crippen molar-refractivity contribution in [2.75, 3.05) is 12.3 Å². The maximum atomic E-state index is 11.7. The SMILES string of the molecule is Nc1cccc(/C=C/C(=O)NCCC2CCCCC2)c1. The van der Waals surface area contributed by atoms with E-state index < -0.39 is 0 Å². The van der Waals surface area contributed by atoms with Crippen LogP contribution in [-0.2, 0) is 4.79 Å². The highest BCUT2D eigenvalue weighted by atomic mass is 16.1. The van der Waals surface area contributed by atoms with E-state index in [0.29, 0.717) is 5.69 Å². The van der Waals surface area contributed by atoms with Crippen molar-refractivity contribution in [2.45, 2.75) is 38.5 Å². The maximum Gasteiger partial charge on any atom is 0.243 e. The van der Waals surface area contributed by atoms with Gasteiger partial charge in [0.1, 0.15) is 0 Å². The average Bonchev–Trinajstić information content (AvgIpc) is 2.46. The lowest BCUT2D eigenvalue weighted by molar-refractivity contribution is -0.116. The van der Waals surface area contributed by atoms with Gasteiger partial charge in [-0.25, -0.2) is 0 Å². The lowest BCUT2D eigenvalue weighted by Gasteiger charge is -2.21. The van der Waals surface area contributed by atoms with Gasteiger partial charge in [0.25, 0.3) is 0 Å². The number of nitrogens with two attached hydrogens (primary N) is 1. The zero-order valence-corrected chi connectivity index (χ0v) is 12.0. The standard InChI is InChI=1S/C17H24N2O/c18-16-8-4-7-15(13-16)9-10-17(20)19-12-11-14-5-2-1-3-6-14/h4,7-10,13-14H,1-3,5-6,11-12,18H2,(H,19,20)/b10-9+. The van der Waals surface area contributed by atoms with Gasteiger partial charge < -0.3 is 11.1 Å². The molecule has 108 valence electrons. The number of carbonyl (C=O) groups is 1. The van der Waals surface area contributed by atoms with E-state index in [1.807, 2.05) is 24.3 Å². The molecule has 3 N–H and O–H groups in total. The molecule has 1 saturated carbocycles. The Bertz CT molecular complexity index is 462. The fourth-order valence-electron chi connectivity index (χ4n) is 2.77. The topological polar surface area (TPSA) is 55.1 Å². The van der Waals surface area contributed by atoms with Gasteiger partial charge >= 0.3 is 0 Å². The van der Waals surface area contributed by atoms with Crippen molar-refractivity contribution in [3.8, 4) is 0 Å². The summed E-state index contributed by atoms with van der Waals surface area (Å²) in [7, 11) is 0. The lowest BCUT2D eigenvalue weighted by atomic mass is 9.87. The number of hydrogen-bond donors (Lipinski definition) is 2. The van der Waals surface area contributed by atoms with Crippen molar-refractivity contribution in [2.24, 2.45) is 5.92 Å². The third-order valence-electron chi connectivity index (χ3n) is 3.91. The van der Waals surface area contributed by atoms with Crippen molar-refractivity contribution in [1.82, 2.24) is 5.32 Å². The van der Waals surface area contributed by atoms with Crippen molar-refractivity contribution in [3.05, 3.63) is 35.9 Å². The third kappa shape index (κ3) is 5.08. The Morgan fingerprint density at radius 1 is 1.30 bits per heavy atom. The second kappa shape index (κ2) is 7.73. The normalized spacial score (nSPS) is 16.4. The molecule has 1 aromatic rings. The molecule has 0 bridgehead atoms. The van der Waals surface area contributed by atoms with Crippen LogP contribution in [0.2, 0.25) is 0 Å². The summed E-state index contributed by atoms with van der Waals surface area (Å²) in [5.74, 6) is 0.783. The fourth-order valence-corrected chi connectivity index (χ4v) is 2.77. The Hall–Kier alpha value is -1.77. The molecule has 0 unspecified atom stereocenters. The number of rotatable bonds is 5. The molecule has 0 atom stereocenters.